The van der Waals surface area contributed by atoms with E-state index < -0.39 is 0 Å². The van der Waals surface area contributed by atoms with Gasteiger partial charge >= 0.3 is 0 Å². The van der Waals surface area contributed by atoms with E-state index in [0.29, 0.717) is 0 Å². The van der Waals surface area contributed by atoms with Gasteiger partial charge in [-0.15, -0.1) is 0 Å². The van der Waals surface area contributed by atoms with E-state index >= 15 is 0 Å². The Kier molecular flexibility index (Phi) is 5.24. The zero-order valence-electron chi connectivity index (χ0n) is 11.9. The summed E-state index contributed by atoms with van der Waals surface area (Å²) in [6.07, 6.45) is 10.2. The largest absolute Gasteiger partial charge is 0.317 e. The number of hydrogen-bond acceptors (Lipinski definition) is 2. The van der Waals surface area contributed by atoms with Crippen LogP contribution < -0.4 is 5.32 Å². The molecule has 1 aliphatic rings. The van der Waals surface area contributed by atoms with Crippen molar-refractivity contribution in [1.82, 2.24) is 15.1 Å². The summed E-state index contributed by atoms with van der Waals surface area (Å²) in [7, 11) is 2.01. The molecule has 2 rings (SSSR count). The van der Waals surface area contributed by atoms with Crippen molar-refractivity contribution in [1.29, 1.82) is 0 Å². The van der Waals surface area contributed by atoms with Gasteiger partial charge in [0, 0.05) is 13.2 Å². The maximum absolute atomic E-state index is 4.55. The monoisotopic (exact) mass is 249 g/mol. The molecule has 1 aliphatic carbocycles. The molecule has 3 nitrogen and oxygen atoms in total. The van der Waals surface area contributed by atoms with Crippen molar-refractivity contribution in [2.24, 2.45) is 18.9 Å². The second-order valence-corrected chi connectivity index (χ2v) is 5.65. The Hall–Kier alpha value is -0.830. The van der Waals surface area contributed by atoms with E-state index in [0.717, 1.165) is 24.8 Å². The summed E-state index contributed by atoms with van der Waals surface area (Å²) in [6.45, 7) is 4.48. The van der Waals surface area contributed by atoms with Crippen LogP contribution in [0.2, 0.25) is 0 Å². The molecule has 0 saturated heterocycles. The Morgan fingerprint density at radius 1 is 1.28 bits per heavy atom. The number of hydrogen-bond donors (Lipinski definition) is 1. The summed E-state index contributed by atoms with van der Waals surface area (Å²) in [4.78, 5) is 0. The highest BCUT2D eigenvalue weighted by Crippen LogP contribution is 2.30. The Labute approximate surface area is 111 Å². The van der Waals surface area contributed by atoms with E-state index in [-0.39, 0.29) is 0 Å². The summed E-state index contributed by atoms with van der Waals surface area (Å²) >= 11 is 0. The fraction of sp³-hybridized carbons (Fsp3) is 0.800. The Balaban J connectivity index is 1.96. The highest BCUT2D eigenvalue weighted by atomic mass is 15.2. The van der Waals surface area contributed by atoms with Crippen LogP contribution in [0.25, 0.3) is 0 Å². The molecule has 1 heterocycles. The quantitative estimate of drug-likeness (QED) is 0.813. The number of nitrogens with zero attached hydrogens (tertiary/aromatic N) is 2. The van der Waals surface area contributed by atoms with E-state index in [2.05, 4.69) is 29.6 Å². The lowest BCUT2D eigenvalue weighted by atomic mass is 9.84. The Morgan fingerprint density at radius 2 is 2.06 bits per heavy atom. The van der Waals surface area contributed by atoms with Gasteiger partial charge in [-0.3, -0.25) is 4.68 Å². The summed E-state index contributed by atoms with van der Waals surface area (Å²) in [5.74, 6) is 1.66. The first-order valence-corrected chi connectivity index (χ1v) is 7.49. The van der Waals surface area contributed by atoms with Gasteiger partial charge in [-0.05, 0) is 50.3 Å². The number of aryl methyl sites for hydroxylation is 1. The summed E-state index contributed by atoms with van der Waals surface area (Å²) in [6, 6.07) is 2.18. The number of nitrogens with one attached hydrogen (secondary N) is 1. The van der Waals surface area contributed by atoms with Gasteiger partial charge in [0.15, 0.2) is 0 Å². The van der Waals surface area contributed by atoms with Gasteiger partial charge in [0.2, 0.25) is 0 Å². The molecule has 0 aliphatic heterocycles. The summed E-state index contributed by atoms with van der Waals surface area (Å²) in [5.41, 5.74) is 1.27. The number of aromatic nitrogens is 2. The lowest BCUT2D eigenvalue weighted by Gasteiger charge is -2.24. The highest BCUT2D eigenvalue weighted by Gasteiger charge is 2.24. The normalized spacial score (nSPS) is 25.0. The first-order valence-electron chi connectivity index (χ1n) is 7.49. The fourth-order valence-electron chi connectivity index (χ4n) is 3.17. The third-order valence-corrected chi connectivity index (χ3v) is 4.21. The molecular weight excluding hydrogens is 222 g/mol. The predicted molar refractivity (Wildman–Crippen MR) is 75.5 cm³/mol. The van der Waals surface area contributed by atoms with Crippen molar-refractivity contribution >= 4 is 0 Å². The average Bonchev–Trinajstić information content (AvgIpc) is 2.64. The third kappa shape index (κ3) is 3.84. The molecule has 1 saturated carbocycles. The van der Waals surface area contributed by atoms with Crippen LogP contribution in [0.3, 0.4) is 0 Å². The molecule has 3 heteroatoms. The van der Waals surface area contributed by atoms with Crippen molar-refractivity contribution < 1.29 is 0 Å². The van der Waals surface area contributed by atoms with Gasteiger partial charge in [0.1, 0.15) is 0 Å². The van der Waals surface area contributed by atoms with E-state index in [1.807, 2.05) is 11.7 Å². The first kappa shape index (κ1) is 13.6. The molecule has 102 valence electrons. The van der Waals surface area contributed by atoms with Crippen LogP contribution in [0.5, 0.6) is 0 Å². The van der Waals surface area contributed by atoms with Gasteiger partial charge < -0.3 is 5.32 Å². The summed E-state index contributed by atoms with van der Waals surface area (Å²) < 4.78 is 1.92. The van der Waals surface area contributed by atoms with Gasteiger partial charge in [-0.1, -0.05) is 26.2 Å². The summed E-state index contributed by atoms with van der Waals surface area (Å²) in [5, 5.41) is 8.09. The SMILES string of the molecule is CCNCC1CCCCCC1Cc1ccn(C)n1. The molecule has 18 heavy (non-hydrogen) atoms. The van der Waals surface area contributed by atoms with Crippen LogP contribution in [0.4, 0.5) is 0 Å². The molecule has 1 aromatic heterocycles. The van der Waals surface area contributed by atoms with Gasteiger partial charge in [0.25, 0.3) is 0 Å². The maximum atomic E-state index is 4.55. The van der Waals surface area contributed by atoms with Crippen LogP contribution in [0, 0.1) is 11.8 Å². The first-order chi connectivity index (χ1) is 8.79. The zero-order chi connectivity index (χ0) is 12.8. The van der Waals surface area contributed by atoms with Crippen molar-refractivity contribution in [3.05, 3.63) is 18.0 Å². The molecule has 2 atom stereocenters. The van der Waals surface area contributed by atoms with Crippen LogP contribution in [-0.4, -0.2) is 22.9 Å². The van der Waals surface area contributed by atoms with E-state index in [1.54, 1.807) is 0 Å². The molecule has 0 bridgehead atoms. The lowest BCUT2D eigenvalue weighted by molar-refractivity contribution is 0.297. The molecule has 0 aromatic carbocycles. The Morgan fingerprint density at radius 3 is 2.72 bits per heavy atom. The standard InChI is InChI=1S/C15H27N3/c1-3-16-12-14-8-6-4-5-7-13(14)11-15-9-10-18(2)17-15/h9-10,13-14,16H,3-8,11-12H2,1-2H3. The minimum Gasteiger partial charge on any atom is -0.317 e. The van der Waals surface area contributed by atoms with Crippen LogP contribution in [-0.2, 0) is 13.5 Å². The number of rotatable bonds is 5. The molecule has 0 spiro atoms. The molecule has 1 aromatic rings. The predicted octanol–water partition coefficient (Wildman–Crippen LogP) is 2.77. The van der Waals surface area contributed by atoms with Crippen LogP contribution in [0.1, 0.15) is 44.7 Å². The van der Waals surface area contributed by atoms with Gasteiger partial charge in [0.05, 0.1) is 5.69 Å². The Bertz CT molecular complexity index is 345. The fourth-order valence-corrected chi connectivity index (χ4v) is 3.17. The average molecular weight is 249 g/mol. The van der Waals surface area contributed by atoms with Crippen LogP contribution >= 0.6 is 0 Å². The second-order valence-electron chi connectivity index (χ2n) is 5.65. The highest BCUT2D eigenvalue weighted by molar-refractivity contribution is 5.01. The zero-order valence-corrected chi connectivity index (χ0v) is 11.9. The van der Waals surface area contributed by atoms with Crippen LogP contribution in [0.15, 0.2) is 12.3 Å². The van der Waals surface area contributed by atoms with E-state index in [9.17, 15) is 0 Å². The molecule has 2 unspecified atom stereocenters. The minimum absolute atomic E-state index is 0.821. The van der Waals surface area contributed by atoms with Crippen molar-refractivity contribution in [3.8, 4) is 0 Å². The third-order valence-electron chi connectivity index (χ3n) is 4.21. The minimum atomic E-state index is 0.821. The van der Waals surface area contributed by atoms with E-state index in [1.165, 1.54) is 44.3 Å². The van der Waals surface area contributed by atoms with Crippen molar-refractivity contribution in [2.75, 3.05) is 13.1 Å². The van der Waals surface area contributed by atoms with E-state index in [4.69, 9.17) is 0 Å². The van der Waals surface area contributed by atoms with Crippen molar-refractivity contribution in [2.45, 2.75) is 45.4 Å². The maximum Gasteiger partial charge on any atom is 0.0627 e. The molecular formula is C15H27N3. The molecule has 1 N–H and O–H groups in total. The molecule has 1 fully saturated rings. The van der Waals surface area contributed by atoms with Crippen molar-refractivity contribution in [3.63, 3.8) is 0 Å². The van der Waals surface area contributed by atoms with Gasteiger partial charge in [-0.2, -0.15) is 5.10 Å². The lowest BCUT2D eigenvalue weighted by Crippen LogP contribution is -2.28. The smallest absolute Gasteiger partial charge is 0.0627 e. The molecule has 0 amide bonds. The topological polar surface area (TPSA) is 29.9 Å². The van der Waals surface area contributed by atoms with Gasteiger partial charge in [-0.25, -0.2) is 0 Å². The second kappa shape index (κ2) is 6.93. The molecule has 0 radical (unpaired) electrons.